The Morgan fingerprint density at radius 1 is 1.10 bits per heavy atom. The Hall–Kier alpha value is -1.55. The second kappa shape index (κ2) is 13.7. The van der Waals surface area contributed by atoms with Gasteiger partial charge in [0.2, 0.25) is 5.91 Å². The zero-order chi connectivity index (χ0) is 20.3. The summed E-state index contributed by atoms with van der Waals surface area (Å²) in [6, 6.07) is 9.88. The summed E-state index contributed by atoms with van der Waals surface area (Å²) in [6.45, 7) is 6.95. The molecule has 0 bridgehead atoms. The van der Waals surface area contributed by atoms with Gasteiger partial charge in [0.1, 0.15) is 5.75 Å². The third kappa shape index (κ3) is 7.94. The summed E-state index contributed by atoms with van der Waals surface area (Å²) in [7, 11) is 1.79. The van der Waals surface area contributed by atoms with Crippen LogP contribution in [-0.2, 0) is 4.79 Å². The smallest absolute Gasteiger partial charge is 0.225 e. The summed E-state index contributed by atoms with van der Waals surface area (Å²) < 4.78 is 5.70. The molecule has 7 nitrogen and oxygen atoms in total. The van der Waals surface area contributed by atoms with Crippen LogP contribution in [0.5, 0.6) is 5.75 Å². The molecule has 168 valence electrons. The highest BCUT2D eigenvalue weighted by molar-refractivity contribution is 14.0. The predicted molar refractivity (Wildman–Crippen MR) is 132 cm³/mol. The summed E-state index contributed by atoms with van der Waals surface area (Å²) in [5.41, 5.74) is 0. The van der Waals surface area contributed by atoms with E-state index in [1.807, 2.05) is 30.3 Å². The molecule has 1 aliphatic heterocycles. The van der Waals surface area contributed by atoms with E-state index < -0.39 is 0 Å². The Bertz CT molecular complexity index is 646. The van der Waals surface area contributed by atoms with E-state index in [1.165, 1.54) is 6.42 Å². The number of hydrogen-bond donors (Lipinski definition) is 2. The van der Waals surface area contributed by atoms with Crippen LogP contribution >= 0.6 is 24.0 Å². The second-order valence-electron chi connectivity index (χ2n) is 7.74. The van der Waals surface area contributed by atoms with Crippen molar-refractivity contribution in [1.29, 1.82) is 0 Å². The van der Waals surface area contributed by atoms with Crippen molar-refractivity contribution in [2.75, 3.05) is 59.5 Å². The van der Waals surface area contributed by atoms with Gasteiger partial charge in [0.15, 0.2) is 5.96 Å². The fourth-order valence-electron chi connectivity index (χ4n) is 3.64. The van der Waals surface area contributed by atoms with Crippen LogP contribution in [0.2, 0.25) is 0 Å². The van der Waals surface area contributed by atoms with Gasteiger partial charge >= 0.3 is 0 Å². The van der Waals surface area contributed by atoms with Gasteiger partial charge in [0, 0.05) is 58.8 Å². The SMILES string of the molecule is CN=C(NCCCOc1ccccc1)NCCN1CCN(C(=O)C2CCC2)CC1.I. The van der Waals surface area contributed by atoms with Crippen molar-refractivity contribution in [3.05, 3.63) is 30.3 Å². The lowest BCUT2D eigenvalue weighted by atomic mass is 9.84. The van der Waals surface area contributed by atoms with Crippen LogP contribution in [0.15, 0.2) is 35.3 Å². The number of aliphatic imine (C=N–C) groups is 1. The number of amides is 1. The molecular formula is C22H36IN5O2. The lowest BCUT2D eigenvalue weighted by Gasteiger charge is -2.38. The quantitative estimate of drug-likeness (QED) is 0.222. The standard InChI is InChI=1S/C22H35N5O2.HI/c1-23-22(24-11-6-18-29-20-9-3-2-4-10-20)25-12-13-26-14-16-27(17-15-26)21(28)19-7-5-8-19;/h2-4,9-10,19H,5-8,11-18H2,1H3,(H2,23,24,25);1H. The number of ether oxygens (including phenoxy) is 1. The zero-order valence-electron chi connectivity index (χ0n) is 18.0. The molecule has 0 atom stereocenters. The highest BCUT2D eigenvalue weighted by Crippen LogP contribution is 2.28. The fourth-order valence-corrected chi connectivity index (χ4v) is 3.64. The lowest BCUT2D eigenvalue weighted by Crippen LogP contribution is -2.52. The first-order valence-corrected chi connectivity index (χ1v) is 10.9. The Labute approximate surface area is 197 Å². The van der Waals surface area contributed by atoms with Gasteiger partial charge in [-0.25, -0.2) is 0 Å². The zero-order valence-corrected chi connectivity index (χ0v) is 20.3. The molecule has 1 saturated heterocycles. The number of piperazine rings is 1. The van der Waals surface area contributed by atoms with Gasteiger partial charge in [-0.3, -0.25) is 14.7 Å². The first kappa shape index (κ1) is 24.7. The number of carbonyl (C=O) groups is 1. The van der Waals surface area contributed by atoms with Crippen LogP contribution < -0.4 is 15.4 Å². The van der Waals surface area contributed by atoms with Crippen LogP contribution in [0.4, 0.5) is 0 Å². The number of nitrogens with one attached hydrogen (secondary N) is 2. The molecule has 1 heterocycles. The predicted octanol–water partition coefficient (Wildman–Crippen LogP) is 2.18. The van der Waals surface area contributed by atoms with Gasteiger partial charge < -0.3 is 20.3 Å². The van der Waals surface area contributed by atoms with Crippen LogP contribution in [-0.4, -0.2) is 81.1 Å². The minimum Gasteiger partial charge on any atom is -0.494 e. The Kier molecular flexibility index (Phi) is 11.3. The molecule has 3 rings (SSSR count). The van der Waals surface area contributed by atoms with Crippen LogP contribution in [0.3, 0.4) is 0 Å². The van der Waals surface area contributed by atoms with Crippen LogP contribution in [0, 0.1) is 5.92 Å². The number of benzene rings is 1. The fraction of sp³-hybridized carbons (Fsp3) is 0.636. The molecule has 1 aromatic carbocycles. The first-order valence-electron chi connectivity index (χ1n) is 10.9. The van der Waals surface area contributed by atoms with E-state index in [0.29, 0.717) is 18.4 Å². The number of nitrogens with zero attached hydrogens (tertiary/aromatic N) is 3. The molecule has 1 saturated carbocycles. The van der Waals surface area contributed by atoms with E-state index in [2.05, 4.69) is 25.4 Å². The molecule has 2 aliphatic rings. The lowest BCUT2D eigenvalue weighted by molar-refractivity contribution is -0.139. The normalized spacial score (nSPS) is 17.6. The third-order valence-corrected chi connectivity index (χ3v) is 5.71. The number of para-hydroxylation sites is 1. The first-order chi connectivity index (χ1) is 14.3. The molecule has 2 fully saturated rings. The molecule has 2 N–H and O–H groups in total. The highest BCUT2D eigenvalue weighted by atomic mass is 127. The highest BCUT2D eigenvalue weighted by Gasteiger charge is 2.30. The molecule has 0 radical (unpaired) electrons. The van der Waals surface area contributed by atoms with Gasteiger partial charge in [-0.05, 0) is 31.4 Å². The minimum absolute atomic E-state index is 0. The van der Waals surface area contributed by atoms with Crippen molar-refractivity contribution in [3.63, 3.8) is 0 Å². The Morgan fingerprint density at radius 3 is 2.43 bits per heavy atom. The number of carbonyl (C=O) groups excluding carboxylic acids is 1. The number of guanidine groups is 1. The van der Waals surface area contributed by atoms with E-state index in [-0.39, 0.29) is 24.0 Å². The summed E-state index contributed by atoms with van der Waals surface area (Å²) in [6.07, 6.45) is 4.31. The molecular weight excluding hydrogens is 493 g/mol. The molecule has 0 spiro atoms. The molecule has 0 unspecified atom stereocenters. The second-order valence-corrected chi connectivity index (χ2v) is 7.74. The largest absolute Gasteiger partial charge is 0.494 e. The monoisotopic (exact) mass is 529 g/mol. The molecule has 30 heavy (non-hydrogen) atoms. The van der Waals surface area contributed by atoms with Crippen molar-refractivity contribution in [2.24, 2.45) is 10.9 Å². The average Bonchev–Trinajstić information content (AvgIpc) is 2.72. The molecule has 0 aromatic heterocycles. The van der Waals surface area contributed by atoms with Crippen molar-refractivity contribution in [3.8, 4) is 5.75 Å². The van der Waals surface area contributed by atoms with Crippen molar-refractivity contribution in [2.45, 2.75) is 25.7 Å². The van der Waals surface area contributed by atoms with Gasteiger partial charge in [0.25, 0.3) is 0 Å². The summed E-state index contributed by atoms with van der Waals surface area (Å²) in [4.78, 5) is 21.1. The van der Waals surface area contributed by atoms with Gasteiger partial charge in [0.05, 0.1) is 6.61 Å². The van der Waals surface area contributed by atoms with E-state index in [4.69, 9.17) is 4.74 Å². The van der Waals surface area contributed by atoms with Crippen molar-refractivity contribution in [1.82, 2.24) is 20.4 Å². The molecule has 8 heteroatoms. The topological polar surface area (TPSA) is 69.2 Å². The van der Waals surface area contributed by atoms with E-state index in [0.717, 1.165) is 76.8 Å². The Balaban J connectivity index is 0.00000320. The van der Waals surface area contributed by atoms with Gasteiger partial charge in [-0.2, -0.15) is 0 Å². The molecule has 1 amide bonds. The van der Waals surface area contributed by atoms with E-state index in [1.54, 1.807) is 7.05 Å². The molecule has 1 aromatic rings. The summed E-state index contributed by atoms with van der Waals surface area (Å²) in [5, 5.41) is 6.70. The van der Waals surface area contributed by atoms with Crippen molar-refractivity contribution >= 4 is 35.8 Å². The Morgan fingerprint density at radius 2 is 1.80 bits per heavy atom. The summed E-state index contributed by atoms with van der Waals surface area (Å²) >= 11 is 0. The average molecular weight is 529 g/mol. The maximum Gasteiger partial charge on any atom is 0.225 e. The van der Waals surface area contributed by atoms with E-state index >= 15 is 0 Å². The van der Waals surface area contributed by atoms with Crippen molar-refractivity contribution < 1.29 is 9.53 Å². The van der Waals surface area contributed by atoms with Crippen LogP contribution in [0.25, 0.3) is 0 Å². The molecule has 1 aliphatic carbocycles. The summed E-state index contributed by atoms with van der Waals surface area (Å²) in [5.74, 6) is 2.43. The number of hydrogen-bond acceptors (Lipinski definition) is 4. The van der Waals surface area contributed by atoms with Crippen LogP contribution in [0.1, 0.15) is 25.7 Å². The third-order valence-electron chi connectivity index (χ3n) is 5.71. The van der Waals surface area contributed by atoms with E-state index in [9.17, 15) is 4.79 Å². The number of rotatable bonds is 9. The maximum absolute atomic E-state index is 12.3. The number of halogens is 1. The minimum atomic E-state index is 0. The van der Waals surface area contributed by atoms with Gasteiger partial charge in [-0.1, -0.05) is 24.6 Å². The maximum atomic E-state index is 12.3. The van der Waals surface area contributed by atoms with Gasteiger partial charge in [-0.15, -0.1) is 24.0 Å².